The normalized spacial score (nSPS) is 11.4. The van der Waals surface area contributed by atoms with E-state index in [1.165, 1.54) is 81.8 Å². The van der Waals surface area contributed by atoms with Crippen LogP contribution >= 0.6 is 0 Å². The van der Waals surface area contributed by atoms with Gasteiger partial charge in [0.05, 0.1) is 0 Å². The van der Waals surface area contributed by atoms with Gasteiger partial charge in [-0.1, -0.05) is 111 Å². The first-order valence-corrected chi connectivity index (χ1v) is 16.0. The van der Waals surface area contributed by atoms with E-state index in [1.807, 2.05) is 0 Å². The number of para-hydroxylation sites is 4. The van der Waals surface area contributed by atoms with E-state index in [0.29, 0.717) is 0 Å². The smallest absolute Gasteiger partial charge is 0.0494 e. The molecule has 9 aromatic rings. The van der Waals surface area contributed by atoms with Crippen LogP contribution in [0, 0.1) is 13.8 Å². The number of hydrogen-bond acceptors (Lipinski definition) is 0. The van der Waals surface area contributed by atoms with Gasteiger partial charge in [-0.05, 0) is 95.4 Å². The molecule has 0 N–H and O–H groups in total. The zero-order valence-electron chi connectivity index (χ0n) is 26.1. The third-order valence-electron chi connectivity index (χ3n) is 9.55. The highest BCUT2D eigenvalue weighted by molar-refractivity contribution is 6.09. The third kappa shape index (κ3) is 4.73. The molecule has 9 rings (SSSR count). The Hall–Kier alpha value is -5.34. The Morgan fingerprint density at radius 1 is 0.413 bits per heavy atom. The van der Waals surface area contributed by atoms with Crippen molar-refractivity contribution in [1.82, 2.24) is 9.13 Å². The van der Waals surface area contributed by atoms with E-state index in [4.69, 9.17) is 0 Å². The molecule has 0 saturated carbocycles. The lowest BCUT2D eigenvalue weighted by Gasteiger charge is -2.13. The van der Waals surface area contributed by atoms with Crippen LogP contribution in [0.1, 0.15) is 31.0 Å². The van der Waals surface area contributed by atoms with Crippen LogP contribution in [0.25, 0.3) is 65.2 Å². The fourth-order valence-corrected chi connectivity index (χ4v) is 7.30. The Morgan fingerprint density at radius 3 is 1.33 bits per heavy atom. The molecule has 226 valence electrons. The molecule has 0 spiro atoms. The molecule has 0 fully saturated rings. The quantitative estimate of drug-likeness (QED) is 0.180. The zero-order valence-corrected chi connectivity index (χ0v) is 26.1. The average Bonchev–Trinajstić information content (AvgIpc) is 3.59. The van der Waals surface area contributed by atoms with E-state index in [9.17, 15) is 0 Å². The summed E-state index contributed by atoms with van der Waals surface area (Å²) in [5.74, 6) is 0. The molecule has 0 atom stereocenters. The summed E-state index contributed by atoms with van der Waals surface area (Å²) in [6.45, 7) is 8.49. The van der Waals surface area contributed by atoms with Crippen LogP contribution in [-0.4, -0.2) is 9.13 Å². The predicted molar refractivity (Wildman–Crippen MR) is 201 cm³/mol. The molecule has 0 aliphatic heterocycles. The van der Waals surface area contributed by atoms with Gasteiger partial charge >= 0.3 is 0 Å². The molecule has 7 aromatic carbocycles. The van der Waals surface area contributed by atoms with Gasteiger partial charge in [0.1, 0.15) is 0 Å². The Morgan fingerprint density at radius 2 is 0.848 bits per heavy atom. The summed E-state index contributed by atoms with van der Waals surface area (Å²) in [6.07, 6.45) is 0. The molecule has 0 unspecified atom stereocenters. The van der Waals surface area contributed by atoms with E-state index in [-0.39, 0.29) is 7.43 Å². The highest BCUT2D eigenvalue weighted by Crippen LogP contribution is 2.33. The molecule has 2 heteroatoms. The van der Waals surface area contributed by atoms with Crippen LogP contribution in [0.4, 0.5) is 0 Å². The van der Waals surface area contributed by atoms with Crippen molar-refractivity contribution in [1.29, 1.82) is 0 Å². The highest BCUT2D eigenvalue weighted by atomic mass is 15.0. The summed E-state index contributed by atoms with van der Waals surface area (Å²) >= 11 is 0. The molecule has 2 nitrogen and oxygen atoms in total. The monoisotopic (exact) mass is 596 g/mol. The SMILES string of the molecule is C.CCn1c2ccccc2c2ccccc21.Cc1ccc(C)c2cc3c(Cn4c5ccccc5c5ccccc54)cccc3cc12. The molecule has 0 aliphatic carbocycles. The Balaban J connectivity index is 0.000000178. The topological polar surface area (TPSA) is 9.86 Å². The minimum atomic E-state index is 0. The lowest BCUT2D eigenvalue weighted by atomic mass is 9.95. The van der Waals surface area contributed by atoms with Gasteiger partial charge in [0.15, 0.2) is 0 Å². The van der Waals surface area contributed by atoms with Crippen molar-refractivity contribution in [3.8, 4) is 0 Å². The maximum atomic E-state index is 2.47. The van der Waals surface area contributed by atoms with Crippen molar-refractivity contribution in [3.63, 3.8) is 0 Å². The third-order valence-corrected chi connectivity index (χ3v) is 9.55. The van der Waals surface area contributed by atoms with Gasteiger partial charge in [-0.25, -0.2) is 0 Å². The van der Waals surface area contributed by atoms with Gasteiger partial charge in [-0.2, -0.15) is 0 Å². The molecule has 2 heterocycles. The number of rotatable bonds is 3. The first-order valence-electron chi connectivity index (χ1n) is 16.0. The lowest BCUT2D eigenvalue weighted by molar-refractivity contribution is 0.827. The molecular weight excluding hydrogens is 556 g/mol. The van der Waals surface area contributed by atoms with Crippen LogP contribution < -0.4 is 0 Å². The second kappa shape index (κ2) is 11.9. The van der Waals surface area contributed by atoms with Gasteiger partial charge < -0.3 is 9.13 Å². The van der Waals surface area contributed by atoms with Crippen LogP contribution in [-0.2, 0) is 13.1 Å². The van der Waals surface area contributed by atoms with Crippen LogP contribution in [0.15, 0.2) is 140 Å². The summed E-state index contributed by atoms with van der Waals surface area (Å²) in [4.78, 5) is 0. The summed E-state index contributed by atoms with van der Waals surface area (Å²) in [6, 6.07) is 50.6. The van der Waals surface area contributed by atoms with E-state index in [1.54, 1.807) is 0 Å². The van der Waals surface area contributed by atoms with Crippen molar-refractivity contribution < 1.29 is 0 Å². The number of hydrogen-bond donors (Lipinski definition) is 0. The van der Waals surface area contributed by atoms with Gasteiger partial charge in [0, 0.05) is 56.7 Å². The largest absolute Gasteiger partial charge is 0.341 e. The minimum Gasteiger partial charge on any atom is -0.341 e. The maximum absolute atomic E-state index is 2.47. The van der Waals surface area contributed by atoms with Gasteiger partial charge in [0.25, 0.3) is 0 Å². The Bertz CT molecular complexity index is 2420. The first kappa shape index (κ1) is 29.4. The maximum Gasteiger partial charge on any atom is 0.0494 e. The highest BCUT2D eigenvalue weighted by Gasteiger charge is 2.13. The molecular formula is C44H40N2. The Kier molecular flexibility index (Phi) is 7.58. The second-order valence-electron chi connectivity index (χ2n) is 12.1. The molecule has 0 aliphatic rings. The van der Waals surface area contributed by atoms with Gasteiger partial charge in [-0.3, -0.25) is 0 Å². The lowest BCUT2D eigenvalue weighted by Crippen LogP contribution is -2.00. The second-order valence-corrected chi connectivity index (χ2v) is 12.1. The number of aryl methyl sites for hydroxylation is 3. The van der Waals surface area contributed by atoms with Crippen LogP contribution in [0.2, 0.25) is 0 Å². The molecule has 2 aromatic heterocycles. The van der Waals surface area contributed by atoms with Crippen molar-refractivity contribution >= 4 is 65.2 Å². The summed E-state index contributed by atoms with van der Waals surface area (Å²) in [7, 11) is 0. The van der Waals surface area contributed by atoms with E-state index < -0.39 is 0 Å². The number of benzene rings is 7. The zero-order chi connectivity index (χ0) is 30.5. The molecule has 0 bridgehead atoms. The number of aromatic nitrogens is 2. The van der Waals surface area contributed by atoms with E-state index in [2.05, 4.69) is 169 Å². The number of fused-ring (bicyclic) bond motifs is 8. The van der Waals surface area contributed by atoms with E-state index >= 15 is 0 Å². The van der Waals surface area contributed by atoms with Crippen LogP contribution in [0.5, 0.6) is 0 Å². The van der Waals surface area contributed by atoms with Crippen molar-refractivity contribution in [3.05, 3.63) is 156 Å². The molecule has 46 heavy (non-hydrogen) atoms. The summed E-state index contributed by atoms with van der Waals surface area (Å²) in [5.41, 5.74) is 9.30. The Labute approximate surface area is 271 Å². The van der Waals surface area contributed by atoms with Gasteiger partial charge in [-0.15, -0.1) is 0 Å². The molecule has 0 amide bonds. The van der Waals surface area contributed by atoms with Crippen molar-refractivity contribution in [2.75, 3.05) is 0 Å². The molecule has 0 saturated heterocycles. The van der Waals surface area contributed by atoms with Gasteiger partial charge in [0.2, 0.25) is 0 Å². The standard InChI is InChI=1S/C29H23N.C14H13N.CH4/c1-19-14-15-20(2)26-17-27-21(16-25(19)26)8-7-9-22(27)18-30-28-12-5-3-10-23(28)24-11-4-6-13-29(24)30;1-2-15-13-9-5-3-7-11(13)12-8-4-6-10-14(12)15;/h3-17H,18H2,1-2H3;3-10H,2H2,1H3;1H4. The first-order chi connectivity index (χ1) is 22.1. The summed E-state index contributed by atoms with van der Waals surface area (Å²) in [5, 5.41) is 10.7. The predicted octanol–water partition coefficient (Wildman–Crippen LogP) is 12.2. The fraction of sp³-hybridized carbons (Fsp3) is 0.136. The van der Waals surface area contributed by atoms with Crippen molar-refractivity contribution in [2.45, 2.75) is 41.3 Å². The number of nitrogens with zero attached hydrogens (tertiary/aromatic N) is 2. The molecule has 0 radical (unpaired) electrons. The van der Waals surface area contributed by atoms with E-state index in [0.717, 1.165) is 13.1 Å². The summed E-state index contributed by atoms with van der Waals surface area (Å²) < 4.78 is 4.83. The minimum absolute atomic E-state index is 0. The van der Waals surface area contributed by atoms with Crippen LogP contribution in [0.3, 0.4) is 0 Å². The average molecular weight is 597 g/mol. The van der Waals surface area contributed by atoms with Crippen molar-refractivity contribution in [2.24, 2.45) is 0 Å². The fourth-order valence-electron chi connectivity index (χ4n) is 7.30.